The fourth-order valence-electron chi connectivity index (χ4n) is 1.11. The number of aromatic nitrogens is 1. The predicted octanol–water partition coefficient (Wildman–Crippen LogP) is 2.12. The van der Waals surface area contributed by atoms with Gasteiger partial charge >= 0.3 is 5.97 Å². The minimum absolute atomic E-state index is 0.00819. The number of aliphatic carboxylic acids is 1. The molecule has 0 radical (unpaired) electrons. The average molecular weight is 338 g/mol. The third-order valence-corrected chi connectivity index (χ3v) is 2.88. The van der Waals surface area contributed by atoms with Crippen LogP contribution in [0.3, 0.4) is 0 Å². The summed E-state index contributed by atoms with van der Waals surface area (Å²) in [7, 11) is 0. The normalized spacial score (nSPS) is 10.2. The topological polar surface area (TPSA) is 74.0 Å². The average Bonchev–Trinajstić information content (AvgIpc) is 2.16. The minimum atomic E-state index is -2.78. The molecule has 1 N–H and O–H groups in total. The summed E-state index contributed by atoms with van der Waals surface area (Å²) in [4.78, 5) is 13.9. The van der Waals surface area contributed by atoms with E-state index in [1.54, 1.807) is 28.7 Å². The van der Waals surface area contributed by atoms with Crippen LogP contribution in [0.4, 0.5) is 8.78 Å². The van der Waals surface area contributed by atoms with Crippen LogP contribution in [0.25, 0.3) is 0 Å². The first-order valence-electron chi connectivity index (χ1n) is 4.04. The van der Waals surface area contributed by atoms with Crippen molar-refractivity contribution in [3.63, 3.8) is 0 Å². The van der Waals surface area contributed by atoms with E-state index in [1.165, 1.54) is 0 Å². The molecule has 84 valence electrons. The standard InChI is InChI=1S/C9H5F2IN2O2/c10-9(11)8-7(12)5(2-13)4(3-14-8)1-6(15)16/h3,9H,1H2,(H,15,16). The summed E-state index contributed by atoms with van der Waals surface area (Å²) in [5.41, 5.74) is -0.400. The van der Waals surface area contributed by atoms with Crippen molar-refractivity contribution in [3.05, 3.63) is 26.6 Å². The molecule has 0 aliphatic rings. The molecule has 0 saturated heterocycles. The van der Waals surface area contributed by atoms with Gasteiger partial charge in [0.2, 0.25) is 0 Å². The van der Waals surface area contributed by atoms with E-state index in [9.17, 15) is 13.6 Å². The highest BCUT2D eigenvalue weighted by atomic mass is 127. The van der Waals surface area contributed by atoms with Crippen molar-refractivity contribution >= 4 is 28.6 Å². The lowest BCUT2D eigenvalue weighted by Gasteiger charge is -2.07. The number of rotatable bonds is 3. The number of hydrogen-bond donors (Lipinski definition) is 1. The van der Waals surface area contributed by atoms with Gasteiger partial charge in [0.25, 0.3) is 6.43 Å². The Kier molecular flexibility index (Phi) is 4.12. The molecule has 4 nitrogen and oxygen atoms in total. The molecule has 0 aromatic carbocycles. The second-order valence-corrected chi connectivity index (χ2v) is 3.92. The molecule has 1 heterocycles. The third kappa shape index (κ3) is 2.63. The quantitative estimate of drug-likeness (QED) is 0.857. The zero-order chi connectivity index (χ0) is 12.3. The highest BCUT2D eigenvalue weighted by molar-refractivity contribution is 14.1. The number of hydrogen-bond acceptors (Lipinski definition) is 3. The lowest BCUT2D eigenvalue weighted by Crippen LogP contribution is -2.07. The van der Waals surface area contributed by atoms with Crippen molar-refractivity contribution < 1.29 is 18.7 Å². The number of halogens is 3. The van der Waals surface area contributed by atoms with Crippen LogP contribution < -0.4 is 0 Å². The zero-order valence-electron chi connectivity index (χ0n) is 7.75. The van der Waals surface area contributed by atoms with Crippen molar-refractivity contribution in [2.75, 3.05) is 0 Å². The first-order valence-corrected chi connectivity index (χ1v) is 5.12. The van der Waals surface area contributed by atoms with Gasteiger partial charge in [0, 0.05) is 11.8 Å². The fourth-order valence-corrected chi connectivity index (χ4v) is 1.95. The van der Waals surface area contributed by atoms with E-state index in [1.807, 2.05) is 0 Å². The van der Waals surface area contributed by atoms with Gasteiger partial charge in [-0.05, 0) is 22.6 Å². The second kappa shape index (κ2) is 5.16. The van der Waals surface area contributed by atoms with Gasteiger partial charge in [-0.2, -0.15) is 5.26 Å². The predicted molar refractivity (Wildman–Crippen MR) is 58.0 cm³/mol. The van der Waals surface area contributed by atoms with E-state index in [0.29, 0.717) is 0 Å². The van der Waals surface area contributed by atoms with Crippen LogP contribution in [0.5, 0.6) is 0 Å². The van der Waals surface area contributed by atoms with Crippen LogP contribution in [-0.4, -0.2) is 16.1 Å². The van der Waals surface area contributed by atoms with Gasteiger partial charge in [0.15, 0.2) is 0 Å². The van der Waals surface area contributed by atoms with E-state index in [4.69, 9.17) is 10.4 Å². The molecule has 0 unspecified atom stereocenters. The van der Waals surface area contributed by atoms with E-state index in [0.717, 1.165) is 6.20 Å². The molecule has 1 aromatic rings. The number of carboxylic acids is 1. The van der Waals surface area contributed by atoms with Crippen LogP contribution in [0, 0.1) is 14.9 Å². The van der Waals surface area contributed by atoms with E-state index < -0.39 is 24.5 Å². The molecule has 0 saturated carbocycles. The number of alkyl halides is 2. The van der Waals surface area contributed by atoms with Crippen LogP contribution >= 0.6 is 22.6 Å². The maximum absolute atomic E-state index is 12.4. The first kappa shape index (κ1) is 12.8. The molecule has 1 rings (SSSR count). The van der Waals surface area contributed by atoms with Crippen molar-refractivity contribution in [1.29, 1.82) is 5.26 Å². The second-order valence-electron chi connectivity index (χ2n) is 2.84. The van der Waals surface area contributed by atoms with Gasteiger partial charge in [-0.1, -0.05) is 0 Å². The van der Waals surface area contributed by atoms with E-state index >= 15 is 0 Å². The molecule has 0 amide bonds. The van der Waals surface area contributed by atoms with Crippen LogP contribution in [0.15, 0.2) is 6.20 Å². The molecule has 0 aliphatic heterocycles. The van der Waals surface area contributed by atoms with Crippen molar-refractivity contribution in [2.24, 2.45) is 0 Å². The molecular formula is C9H5F2IN2O2. The molecule has 0 atom stereocenters. The Bertz CT molecular complexity index is 471. The van der Waals surface area contributed by atoms with E-state index in [2.05, 4.69) is 4.98 Å². The Morgan fingerprint density at radius 3 is 2.75 bits per heavy atom. The van der Waals surface area contributed by atoms with Crippen molar-refractivity contribution in [3.8, 4) is 6.07 Å². The lowest BCUT2D eigenvalue weighted by atomic mass is 10.1. The van der Waals surface area contributed by atoms with Gasteiger partial charge < -0.3 is 5.11 Å². The van der Waals surface area contributed by atoms with Gasteiger partial charge in [-0.15, -0.1) is 0 Å². The summed E-state index contributed by atoms with van der Waals surface area (Å²) in [5.74, 6) is -1.14. The summed E-state index contributed by atoms with van der Waals surface area (Å²) in [6.45, 7) is 0. The molecular weight excluding hydrogens is 333 g/mol. The third-order valence-electron chi connectivity index (χ3n) is 1.79. The highest BCUT2D eigenvalue weighted by Gasteiger charge is 2.19. The Hall–Kier alpha value is -1.30. The maximum Gasteiger partial charge on any atom is 0.307 e. The highest BCUT2D eigenvalue weighted by Crippen LogP contribution is 2.26. The first-order chi connectivity index (χ1) is 7.47. The minimum Gasteiger partial charge on any atom is -0.481 e. The summed E-state index contributed by atoms with van der Waals surface area (Å²) in [6.07, 6.45) is -2.18. The SMILES string of the molecule is N#Cc1c(CC(=O)O)cnc(C(F)F)c1I. The molecule has 0 bridgehead atoms. The summed E-state index contributed by atoms with van der Waals surface area (Å²) in [5, 5.41) is 17.4. The summed E-state index contributed by atoms with van der Waals surface area (Å²) in [6, 6.07) is 1.72. The Labute approximate surface area is 103 Å². The smallest absolute Gasteiger partial charge is 0.307 e. The number of pyridine rings is 1. The number of carbonyl (C=O) groups is 1. The largest absolute Gasteiger partial charge is 0.481 e. The van der Waals surface area contributed by atoms with Crippen molar-refractivity contribution in [2.45, 2.75) is 12.8 Å². The van der Waals surface area contributed by atoms with E-state index in [-0.39, 0.29) is 14.7 Å². The van der Waals surface area contributed by atoms with Crippen LogP contribution in [0.1, 0.15) is 23.2 Å². The summed E-state index contributed by atoms with van der Waals surface area (Å²) >= 11 is 1.57. The molecule has 0 fully saturated rings. The number of nitrogens with zero attached hydrogens (tertiary/aromatic N) is 2. The molecule has 0 spiro atoms. The monoisotopic (exact) mass is 338 g/mol. The Morgan fingerprint density at radius 1 is 1.69 bits per heavy atom. The molecule has 0 aliphatic carbocycles. The van der Waals surface area contributed by atoms with Gasteiger partial charge in [0.1, 0.15) is 11.8 Å². The molecule has 1 aromatic heterocycles. The van der Waals surface area contributed by atoms with Gasteiger partial charge in [-0.3, -0.25) is 9.78 Å². The number of nitriles is 1. The fraction of sp³-hybridized carbons (Fsp3) is 0.222. The zero-order valence-corrected chi connectivity index (χ0v) is 9.90. The van der Waals surface area contributed by atoms with Gasteiger partial charge in [0.05, 0.1) is 15.6 Å². The number of carboxylic acid groups (broad SMARTS) is 1. The molecule has 7 heteroatoms. The van der Waals surface area contributed by atoms with Crippen LogP contribution in [-0.2, 0) is 11.2 Å². The van der Waals surface area contributed by atoms with Crippen LogP contribution in [0.2, 0.25) is 0 Å². The maximum atomic E-state index is 12.4. The molecule has 16 heavy (non-hydrogen) atoms. The Balaban J connectivity index is 3.31. The van der Waals surface area contributed by atoms with Crippen molar-refractivity contribution in [1.82, 2.24) is 4.98 Å². The summed E-state index contributed by atoms with van der Waals surface area (Å²) < 4.78 is 24.9. The van der Waals surface area contributed by atoms with Gasteiger partial charge in [-0.25, -0.2) is 8.78 Å². The Morgan fingerprint density at radius 2 is 2.31 bits per heavy atom. The lowest BCUT2D eigenvalue weighted by molar-refractivity contribution is -0.136.